The van der Waals surface area contributed by atoms with Gasteiger partial charge in [0.1, 0.15) is 0 Å². The van der Waals surface area contributed by atoms with Gasteiger partial charge in [-0.25, -0.2) is 0 Å². The third-order valence-corrected chi connectivity index (χ3v) is 4.95. The van der Waals surface area contributed by atoms with Crippen LogP contribution in [0.2, 0.25) is 0 Å². The molecule has 0 saturated carbocycles. The lowest BCUT2D eigenvalue weighted by molar-refractivity contribution is -0.134. The first-order valence-corrected chi connectivity index (χ1v) is 8.62. The predicted molar refractivity (Wildman–Crippen MR) is 93.9 cm³/mol. The van der Waals surface area contributed by atoms with Gasteiger partial charge in [-0.3, -0.25) is 9.69 Å². The molecule has 126 valence electrons. The lowest BCUT2D eigenvalue weighted by atomic mass is 10.2. The van der Waals surface area contributed by atoms with Crippen LogP contribution in [-0.4, -0.2) is 86.6 Å². The van der Waals surface area contributed by atoms with Crippen molar-refractivity contribution in [3.8, 4) is 0 Å². The molecule has 1 aromatic carbocycles. The minimum Gasteiger partial charge on any atom is -0.369 e. The Labute approximate surface area is 139 Å². The highest BCUT2D eigenvalue weighted by Gasteiger charge is 2.23. The molecule has 0 unspecified atom stereocenters. The zero-order valence-corrected chi connectivity index (χ0v) is 14.4. The van der Waals surface area contributed by atoms with Crippen LogP contribution in [0.25, 0.3) is 0 Å². The SMILES string of the molecule is Cc1cccc(N2CCN(CC(=O)N3CCN(C)CC3)CC2)c1. The molecule has 5 nitrogen and oxygen atoms in total. The Kier molecular flexibility index (Phi) is 5.18. The van der Waals surface area contributed by atoms with Crippen molar-refractivity contribution in [3.05, 3.63) is 29.8 Å². The van der Waals surface area contributed by atoms with Gasteiger partial charge in [-0.1, -0.05) is 12.1 Å². The summed E-state index contributed by atoms with van der Waals surface area (Å²) in [6.45, 7) is 10.4. The molecule has 0 N–H and O–H groups in total. The van der Waals surface area contributed by atoms with E-state index in [1.165, 1.54) is 11.3 Å². The van der Waals surface area contributed by atoms with E-state index < -0.39 is 0 Å². The number of nitrogens with zero attached hydrogens (tertiary/aromatic N) is 4. The summed E-state index contributed by atoms with van der Waals surface area (Å²) in [7, 11) is 2.12. The predicted octanol–water partition coefficient (Wildman–Crippen LogP) is 0.891. The van der Waals surface area contributed by atoms with Crippen molar-refractivity contribution in [1.29, 1.82) is 0 Å². The van der Waals surface area contributed by atoms with Crippen LogP contribution in [0.3, 0.4) is 0 Å². The fourth-order valence-electron chi connectivity index (χ4n) is 3.34. The van der Waals surface area contributed by atoms with Crippen LogP contribution in [0.15, 0.2) is 24.3 Å². The standard InChI is InChI=1S/C18H28N4O/c1-16-4-3-5-17(14-16)21-12-8-20(9-13-21)15-18(23)22-10-6-19(2)7-11-22/h3-5,14H,6-13,15H2,1-2H3. The van der Waals surface area contributed by atoms with Gasteiger partial charge < -0.3 is 14.7 Å². The Morgan fingerprint density at radius 2 is 1.70 bits per heavy atom. The van der Waals surface area contributed by atoms with Crippen LogP contribution in [0.5, 0.6) is 0 Å². The summed E-state index contributed by atoms with van der Waals surface area (Å²) in [5, 5.41) is 0. The summed E-state index contributed by atoms with van der Waals surface area (Å²) >= 11 is 0. The van der Waals surface area contributed by atoms with Gasteiger partial charge in [-0.2, -0.15) is 0 Å². The van der Waals surface area contributed by atoms with Crippen LogP contribution < -0.4 is 4.90 Å². The molecule has 0 aromatic heterocycles. The molecule has 0 radical (unpaired) electrons. The van der Waals surface area contributed by atoms with Crippen molar-refractivity contribution >= 4 is 11.6 Å². The number of carbonyl (C=O) groups excluding carboxylic acids is 1. The summed E-state index contributed by atoms with van der Waals surface area (Å²) < 4.78 is 0. The number of hydrogen-bond acceptors (Lipinski definition) is 4. The smallest absolute Gasteiger partial charge is 0.236 e. The number of aryl methyl sites for hydroxylation is 1. The number of amides is 1. The van der Waals surface area contributed by atoms with E-state index in [4.69, 9.17) is 0 Å². The normalized spacial score (nSPS) is 20.8. The van der Waals surface area contributed by atoms with Gasteiger partial charge in [0.25, 0.3) is 0 Å². The number of benzene rings is 1. The second-order valence-electron chi connectivity index (χ2n) is 6.79. The lowest BCUT2D eigenvalue weighted by Gasteiger charge is -2.38. The number of piperazine rings is 2. The van der Waals surface area contributed by atoms with E-state index in [0.717, 1.165) is 52.4 Å². The molecule has 1 amide bonds. The third kappa shape index (κ3) is 4.24. The van der Waals surface area contributed by atoms with E-state index in [9.17, 15) is 4.79 Å². The average molecular weight is 316 g/mol. The summed E-state index contributed by atoms with van der Waals surface area (Å²) in [5.41, 5.74) is 2.60. The van der Waals surface area contributed by atoms with Crippen LogP contribution in [0.4, 0.5) is 5.69 Å². The summed E-state index contributed by atoms with van der Waals surface area (Å²) in [4.78, 5) is 21.4. The van der Waals surface area contributed by atoms with Gasteiger partial charge in [0.2, 0.25) is 5.91 Å². The fourth-order valence-corrected chi connectivity index (χ4v) is 3.34. The van der Waals surface area contributed by atoms with Gasteiger partial charge in [0.05, 0.1) is 6.54 Å². The van der Waals surface area contributed by atoms with Gasteiger partial charge >= 0.3 is 0 Å². The highest BCUT2D eigenvalue weighted by molar-refractivity contribution is 5.78. The van der Waals surface area contributed by atoms with Crippen LogP contribution in [0.1, 0.15) is 5.56 Å². The number of hydrogen-bond donors (Lipinski definition) is 0. The van der Waals surface area contributed by atoms with Crippen LogP contribution in [0, 0.1) is 6.92 Å². The minimum atomic E-state index is 0.294. The van der Waals surface area contributed by atoms with Crippen molar-refractivity contribution in [1.82, 2.24) is 14.7 Å². The Morgan fingerprint density at radius 3 is 2.35 bits per heavy atom. The molecule has 2 aliphatic rings. The molecule has 0 spiro atoms. The molecule has 0 bridgehead atoms. The molecule has 5 heteroatoms. The number of likely N-dealkylation sites (N-methyl/N-ethyl adjacent to an activating group) is 1. The van der Waals surface area contributed by atoms with Crippen molar-refractivity contribution in [3.63, 3.8) is 0 Å². The Hall–Kier alpha value is -1.59. The monoisotopic (exact) mass is 316 g/mol. The maximum atomic E-state index is 12.4. The molecule has 2 saturated heterocycles. The average Bonchev–Trinajstić information content (AvgIpc) is 2.56. The molecule has 3 rings (SSSR count). The molecule has 1 aromatic rings. The summed E-state index contributed by atoms with van der Waals surface area (Å²) in [6.07, 6.45) is 0. The first kappa shape index (κ1) is 16.3. The molecule has 23 heavy (non-hydrogen) atoms. The van der Waals surface area contributed by atoms with E-state index in [1.54, 1.807) is 0 Å². The van der Waals surface area contributed by atoms with Gasteiger partial charge in [-0.15, -0.1) is 0 Å². The topological polar surface area (TPSA) is 30.0 Å². The second-order valence-corrected chi connectivity index (χ2v) is 6.79. The fraction of sp³-hybridized carbons (Fsp3) is 0.611. The first-order chi connectivity index (χ1) is 11.1. The highest BCUT2D eigenvalue weighted by atomic mass is 16.2. The van der Waals surface area contributed by atoms with Gasteiger partial charge in [-0.05, 0) is 31.7 Å². The van der Waals surface area contributed by atoms with Crippen molar-refractivity contribution < 1.29 is 4.79 Å². The van der Waals surface area contributed by atoms with E-state index in [1.807, 2.05) is 4.90 Å². The molecule has 2 heterocycles. The minimum absolute atomic E-state index is 0.294. The van der Waals surface area contributed by atoms with E-state index in [2.05, 4.69) is 52.9 Å². The third-order valence-electron chi connectivity index (χ3n) is 4.95. The molecule has 2 aliphatic heterocycles. The van der Waals surface area contributed by atoms with E-state index in [-0.39, 0.29) is 0 Å². The van der Waals surface area contributed by atoms with Crippen molar-refractivity contribution in [2.45, 2.75) is 6.92 Å². The van der Waals surface area contributed by atoms with E-state index >= 15 is 0 Å². The Morgan fingerprint density at radius 1 is 1.00 bits per heavy atom. The van der Waals surface area contributed by atoms with Gasteiger partial charge in [0.15, 0.2) is 0 Å². The second kappa shape index (κ2) is 7.32. The van der Waals surface area contributed by atoms with E-state index in [0.29, 0.717) is 12.5 Å². The van der Waals surface area contributed by atoms with Gasteiger partial charge in [0, 0.05) is 58.0 Å². The van der Waals surface area contributed by atoms with Crippen molar-refractivity contribution in [2.24, 2.45) is 0 Å². The summed E-state index contributed by atoms with van der Waals surface area (Å²) in [5.74, 6) is 0.294. The van der Waals surface area contributed by atoms with Crippen molar-refractivity contribution in [2.75, 3.05) is 70.9 Å². The number of carbonyl (C=O) groups is 1. The maximum absolute atomic E-state index is 12.4. The lowest BCUT2D eigenvalue weighted by Crippen LogP contribution is -2.53. The Bertz CT molecular complexity index is 532. The molecular weight excluding hydrogens is 288 g/mol. The van der Waals surface area contributed by atoms with Crippen LogP contribution >= 0.6 is 0 Å². The first-order valence-electron chi connectivity index (χ1n) is 8.62. The van der Waals surface area contributed by atoms with Crippen LogP contribution in [-0.2, 0) is 4.79 Å². The zero-order valence-electron chi connectivity index (χ0n) is 14.4. The molecule has 0 atom stereocenters. The summed E-state index contributed by atoms with van der Waals surface area (Å²) in [6, 6.07) is 8.67. The Balaban J connectivity index is 1.46. The number of rotatable bonds is 3. The molecule has 0 aliphatic carbocycles. The largest absolute Gasteiger partial charge is 0.369 e. The highest BCUT2D eigenvalue weighted by Crippen LogP contribution is 2.17. The quantitative estimate of drug-likeness (QED) is 0.828. The maximum Gasteiger partial charge on any atom is 0.236 e. The molecular formula is C18H28N4O. The number of anilines is 1. The molecule has 2 fully saturated rings. The zero-order chi connectivity index (χ0) is 16.2.